The van der Waals surface area contributed by atoms with Gasteiger partial charge in [0.15, 0.2) is 5.78 Å². The molecule has 2 rings (SSSR count). The molecule has 0 N–H and O–H groups in total. The first-order valence-corrected chi connectivity index (χ1v) is 6.79. The van der Waals surface area contributed by atoms with E-state index in [-0.39, 0.29) is 5.56 Å². The number of hydrogen-bond acceptors (Lipinski definition) is 1. The molecular weight excluding hydrogens is 277 g/mol. The van der Waals surface area contributed by atoms with Crippen molar-refractivity contribution in [3.05, 3.63) is 70.0 Å². The van der Waals surface area contributed by atoms with Gasteiger partial charge in [-0.1, -0.05) is 26.0 Å². The Hall–Kier alpha value is -2.10. The van der Waals surface area contributed by atoms with Crippen LogP contribution >= 0.6 is 0 Å². The van der Waals surface area contributed by atoms with Crippen LogP contribution in [0.2, 0.25) is 0 Å². The van der Waals surface area contributed by atoms with Gasteiger partial charge in [-0.05, 0) is 30.0 Å². The maximum absolute atomic E-state index is 13.8. The molecule has 0 fully saturated rings. The molecule has 0 aromatic heterocycles. The highest BCUT2D eigenvalue weighted by Gasteiger charge is 2.22. The summed E-state index contributed by atoms with van der Waals surface area (Å²) in [6.45, 7) is 3.78. The summed E-state index contributed by atoms with van der Waals surface area (Å²) in [5, 5.41) is 0. The molecule has 0 radical (unpaired) electrons. The van der Waals surface area contributed by atoms with Crippen LogP contribution in [0.4, 0.5) is 13.2 Å². The summed E-state index contributed by atoms with van der Waals surface area (Å²) < 4.78 is 40.5. The first-order valence-electron chi connectivity index (χ1n) is 6.79. The monoisotopic (exact) mass is 292 g/mol. The van der Waals surface area contributed by atoms with E-state index in [1.54, 1.807) is 12.1 Å². The third-order valence-electron chi connectivity index (χ3n) is 3.44. The zero-order chi connectivity index (χ0) is 15.6. The normalized spacial score (nSPS) is 10.7. The molecule has 0 saturated carbocycles. The van der Waals surface area contributed by atoms with Crippen molar-refractivity contribution in [2.24, 2.45) is 0 Å². The number of carbonyl (C=O) groups excluding carboxylic acids is 1. The Labute approximate surface area is 121 Å². The fourth-order valence-corrected chi connectivity index (χ4v) is 2.26. The minimum atomic E-state index is -1.18. The second-order valence-electron chi connectivity index (χ2n) is 4.77. The zero-order valence-electron chi connectivity index (χ0n) is 11.8. The van der Waals surface area contributed by atoms with Gasteiger partial charge in [-0.15, -0.1) is 0 Å². The van der Waals surface area contributed by atoms with Crippen molar-refractivity contribution in [2.45, 2.75) is 26.7 Å². The van der Waals surface area contributed by atoms with E-state index in [1.807, 2.05) is 19.9 Å². The summed E-state index contributed by atoms with van der Waals surface area (Å²) in [7, 11) is 0. The summed E-state index contributed by atoms with van der Waals surface area (Å²) in [6.07, 6.45) is 1.27. The molecule has 0 amide bonds. The zero-order valence-corrected chi connectivity index (χ0v) is 11.8. The highest BCUT2D eigenvalue weighted by Crippen LogP contribution is 2.22. The van der Waals surface area contributed by atoms with E-state index in [0.29, 0.717) is 30.5 Å². The average molecular weight is 292 g/mol. The van der Waals surface area contributed by atoms with Gasteiger partial charge in [-0.3, -0.25) is 4.79 Å². The molecule has 1 nitrogen and oxygen atoms in total. The summed E-state index contributed by atoms with van der Waals surface area (Å²) in [5.41, 5.74) is 1.17. The second-order valence-corrected chi connectivity index (χ2v) is 4.77. The Morgan fingerprint density at radius 1 is 0.952 bits per heavy atom. The summed E-state index contributed by atoms with van der Waals surface area (Å²) in [4.78, 5) is 12.4. The van der Waals surface area contributed by atoms with Crippen LogP contribution in [0.1, 0.15) is 40.9 Å². The smallest absolute Gasteiger partial charge is 0.199 e. The van der Waals surface area contributed by atoms with E-state index in [4.69, 9.17) is 0 Å². The maximum Gasteiger partial charge on any atom is 0.199 e. The number of ketones is 1. The van der Waals surface area contributed by atoms with E-state index in [2.05, 4.69) is 0 Å². The molecule has 0 saturated heterocycles. The predicted molar refractivity (Wildman–Crippen MR) is 74.9 cm³/mol. The molecule has 110 valence electrons. The highest BCUT2D eigenvalue weighted by molar-refractivity contribution is 6.10. The number of rotatable bonds is 4. The minimum absolute atomic E-state index is 0.265. The summed E-state index contributed by atoms with van der Waals surface area (Å²) in [6, 6.07) is 6.35. The van der Waals surface area contributed by atoms with Crippen molar-refractivity contribution in [3.63, 3.8) is 0 Å². The van der Waals surface area contributed by atoms with E-state index in [1.165, 1.54) is 0 Å². The molecule has 2 aromatic rings. The average Bonchev–Trinajstić information content (AvgIpc) is 2.45. The van der Waals surface area contributed by atoms with Crippen LogP contribution in [0.25, 0.3) is 0 Å². The molecule has 0 aliphatic heterocycles. The lowest BCUT2D eigenvalue weighted by molar-refractivity contribution is 0.103. The highest BCUT2D eigenvalue weighted by atomic mass is 19.1. The first-order chi connectivity index (χ1) is 9.97. The SMILES string of the molecule is CCc1ccc(CC)c(C(=O)c2c(F)cc(F)cc2F)c1. The van der Waals surface area contributed by atoms with Crippen LogP contribution in [0, 0.1) is 17.5 Å². The van der Waals surface area contributed by atoms with Crippen molar-refractivity contribution in [1.82, 2.24) is 0 Å². The number of benzene rings is 2. The van der Waals surface area contributed by atoms with Gasteiger partial charge in [-0.25, -0.2) is 13.2 Å². The molecule has 21 heavy (non-hydrogen) atoms. The van der Waals surface area contributed by atoms with E-state index in [9.17, 15) is 18.0 Å². The fraction of sp³-hybridized carbons (Fsp3) is 0.235. The summed E-state index contributed by atoms with van der Waals surface area (Å²) in [5.74, 6) is -4.15. The van der Waals surface area contributed by atoms with Crippen molar-refractivity contribution >= 4 is 5.78 Å². The minimum Gasteiger partial charge on any atom is -0.288 e. The van der Waals surface area contributed by atoms with Crippen LogP contribution in [0.15, 0.2) is 30.3 Å². The molecular formula is C17H15F3O. The molecule has 0 spiro atoms. The molecule has 0 atom stereocenters. The van der Waals surface area contributed by atoms with Gasteiger partial charge in [0.2, 0.25) is 0 Å². The Bertz CT molecular complexity index is 669. The lowest BCUT2D eigenvalue weighted by Crippen LogP contribution is -2.11. The molecule has 2 aromatic carbocycles. The van der Waals surface area contributed by atoms with E-state index in [0.717, 1.165) is 5.56 Å². The number of carbonyl (C=O) groups is 1. The van der Waals surface area contributed by atoms with E-state index >= 15 is 0 Å². The Balaban J connectivity index is 2.59. The molecule has 0 bridgehead atoms. The Morgan fingerprint density at radius 2 is 1.57 bits per heavy atom. The van der Waals surface area contributed by atoms with Crippen LogP contribution in [-0.4, -0.2) is 5.78 Å². The van der Waals surface area contributed by atoms with Gasteiger partial charge < -0.3 is 0 Å². The standard InChI is InChI=1S/C17H15F3O/c1-3-10-5-6-11(4-2)13(7-10)17(21)16-14(19)8-12(18)9-15(16)20/h5-9H,3-4H2,1-2H3. The molecule has 0 aliphatic rings. The third kappa shape index (κ3) is 2.99. The van der Waals surface area contributed by atoms with Gasteiger partial charge >= 0.3 is 0 Å². The van der Waals surface area contributed by atoms with Gasteiger partial charge in [0, 0.05) is 17.7 Å². The lowest BCUT2D eigenvalue weighted by Gasteiger charge is -2.10. The number of hydrogen-bond donors (Lipinski definition) is 0. The Kier molecular flexibility index (Phi) is 4.46. The van der Waals surface area contributed by atoms with Crippen molar-refractivity contribution in [2.75, 3.05) is 0 Å². The molecule has 4 heteroatoms. The number of halogens is 3. The van der Waals surface area contributed by atoms with E-state index < -0.39 is 28.8 Å². The van der Waals surface area contributed by atoms with Gasteiger partial charge in [-0.2, -0.15) is 0 Å². The largest absolute Gasteiger partial charge is 0.288 e. The first kappa shape index (κ1) is 15.3. The number of aryl methyl sites for hydroxylation is 2. The molecule has 0 unspecified atom stereocenters. The topological polar surface area (TPSA) is 17.1 Å². The maximum atomic E-state index is 13.8. The predicted octanol–water partition coefficient (Wildman–Crippen LogP) is 4.46. The second kappa shape index (κ2) is 6.12. The van der Waals surface area contributed by atoms with Crippen molar-refractivity contribution in [1.29, 1.82) is 0 Å². The van der Waals surface area contributed by atoms with Crippen LogP contribution < -0.4 is 0 Å². The lowest BCUT2D eigenvalue weighted by atomic mass is 9.94. The fourth-order valence-electron chi connectivity index (χ4n) is 2.26. The van der Waals surface area contributed by atoms with Gasteiger partial charge in [0.05, 0.1) is 5.56 Å². The van der Waals surface area contributed by atoms with Crippen LogP contribution in [-0.2, 0) is 12.8 Å². The van der Waals surface area contributed by atoms with Crippen LogP contribution in [0.5, 0.6) is 0 Å². The van der Waals surface area contributed by atoms with Crippen molar-refractivity contribution < 1.29 is 18.0 Å². The molecule has 0 heterocycles. The third-order valence-corrected chi connectivity index (χ3v) is 3.44. The van der Waals surface area contributed by atoms with Gasteiger partial charge in [0.1, 0.15) is 17.5 Å². The van der Waals surface area contributed by atoms with Crippen molar-refractivity contribution in [3.8, 4) is 0 Å². The molecule has 0 aliphatic carbocycles. The quantitative estimate of drug-likeness (QED) is 0.760. The van der Waals surface area contributed by atoms with Crippen LogP contribution in [0.3, 0.4) is 0 Å². The van der Waals surface area contributed by atoms with Gasteiger partial charge in [0.25, 0.3) is 0 Å². The Morgan fingerprint density at radius 3 is 2.10 bits per heavy atom. The summed E-state index contributed by atoms with van der Waals surface area (Å²) >= 11 is 0.